The molecule has 0 spiro atoms. The zero-order chi connectivity index (χ0) is 23.5. The number of hydrogen-bond acceptors (Lipinski definition) is 4. The Balaban J connectivity index is 2.11. The highest BCUT2D eigenvalue weighted by atomic mass is 19.4. The van der Waals surface area contributed by atoms with E-state index in [0.29, 0.717) is 25.0 Å². The maximum atomic E-state index is 13.4. The molecule has 11 heteroatoms. The van der Waals surface area contributed by atoms with E-state index >= 15 is 0 Å². The fraction of sp³-hybridized carbons (Fsp3) is 0.381. The van der Waals surface area contributed by atoms with Gasteiger partial charge < -0.3 is 19.1 Å². The van der Waals surface area contributed by atoms with E-state index in [4.69, 9.17) is 9.47 Å². The third-order valence-corrected chi connectivity index (χ3v) is 5.54. The molecule has 1 aliphatic rings. The van der Waals surface area contributed by atoms with Crippen molar-refractivity contribution in [3.8, 4) is 11.5 Å². The molecule has 32 heavy (non-hydrogen) atoms. The number of benzene rings is 2. The van der Waals surface area contributed by atoms with Gasteiger partial charge in [0.25, 0.3) is 11.2 Å². The van der Waals surface area contributed by atoms with E-state index in [2.05, 4.69) is 0 Å². The molecule has 0 amide bonds. The number of aromatic nitrogens is 1. The normalized spacial score (nSPS) is 14.5. The highest BCUT2D eigenvalue weighted by molar-refractivity contribution is 6.07. The third kappa shape index (κ3) is 3.17. The number of rotatable bonds is 4. The van der Waals surface area contributed by atoms with Crippen LogP contribution in [0, 0.1) is 0 Å². The number of pyridine rings is 1. The summed E-state index contributed by atoms with van der Waals surface area (Å²) in [5.41, 5.74) is -6.80. The number of aliphatic hydroxyl groups is 1. The average molecular weight is 461 g/mol. The Labute approximate surface area is 176 Å². The number of aryl methyl sites for hydroxylation is 1. The van der Waals surface area contributed by atoms with Gasteiger partial charge in [0.05, 0.1) is 10.9 Å². The van der Waals surface area contributed by atoms with Gasteiger partial charge in [-0.15, -0.1) is 0 Å². The van der Waals surface area contributed by atoms with Gasteiger partial charge in [-0.2, -0.15) is 26.3 Å². The minimum absolute atomic E-state index is 0.0533. The van der Waals surface area contributed by atoms with Gasteiger partial charge in [-0.05, 0) is 30.7 Å². The highest BCUT2D eigenvalue weighted by Crippen LogP contribution is 2.50. The second kappa shape index (κ2) is 7.29. The number of ether oxygens (including phenoxy) is 2. The summed E-state index contributed by atoms with van der Waals surface area (Å²) in [5.74, 6) is 0.450. The fourth-order valence-electron chi connectivity index (χ4n) is 3.84. The second-order valence-electron chi connectivity index (χ2n) is 7.50. The first-order chi connectivity index (χ1) is 14.9. The number of hydrogen-bond donors (Lipinski definition) is 1. The summed E-state index contributed by atoms with van der Waals surface area (Å²) in [6, 6.07) is 4.87. The minimum atomic E-state index is -6.02. The largest absolute Gasteiger partial charge is 0.454 e. The molecule has 1 aliphatic heterocycles. The maximum absolute atomic E-state index is 13.4. The molecular formula is C21H17F6NO4. The Bertz CT molecular complexity index is 1250. The molecule has 0 bridgehead atoms. The van der Waals surface area contributed by atoms with Crippen molar-refractivity contribution in [2.45, 2.75) is 44.3 Å². The third-order valence-electron chi connectivity index (χ3n) is 5.54. The molecule has 0 saturated carbocycles. The summed E-state index contributed by atoms with van der Waals surface area (Å²) >= 11 is 0. The van der Waals surface area contributed by atoms with Crippen LogP contribution in [0.3, 0.4) is 0 Å². The van der Waals surface area contributed by atoms with E-state index < -0.39 is 29.1 Å². The SMILES string of the molecule is CCCCn1c(=O)c2cc3c(cc2c2cc(C(O)(C(F)(F)F)C(F)(F)F)ccc21)OCO3. The zero-order valence-electron chi connectivity index (χ0n) is 16.6. The van der Waals surface area contributed by atoms with E-state index in [-0.39, 0.29) is 46.5 Å². The van der Waals surface area contributed by atoms with E-state index in [1.165, 1.54) is 16.7 Å². The van der Waals surface area contributed by atoms with E-state index in [9.17, 15) is 36.2 Å². The molecule has 1 aromatic heterocycles. The van der Waals surface area contributed by atoms with Gasteiger partial charge in [0, 0.05) is 22.9 Å². The fourth-order valence-corrected chi connectivity index (χ4v) is 3.84. The van der Waals surface area contributed by atoms with Crippen LogP contribution >= 0.6 is 0 Å². The van der Waals surface area contributed by atoms with Crippen molar-refractivity contribution in [2.24, 2.45) is 0 Å². The first-order valence-electron chi connectivity index (χ1n) is 9.66. The molecule has 0 fully saturated rings. The summed E-state index contributed by atoms with van der Waals surface area (Å²) in [4.78, 5) is 13.1. The summed E-state index contributed by atoms with van der Waals surface area (Å²) in [5, 5.41) is 9.93. The predicted octanol–water partition coefficient (Wildman–Crippen LogP) is 5.00. The minimum Gasteiger partial charge on any atom is -0.454 e. The molecule has 5 nitrogen and oxygen atoms in total. The zero-order valence-corrected chi connectivity index (χ0v) is 16.6. The van der Waals surface area contributed by atoms with Crippen LogP contribution in [0.2, 0.25) is 0 Å². The van der Waals surface area contributed by atoms with Gasteiger partial charge in [-0.1, -0.05) is 19.4 Å². The number of nitrogens with zero attached hydrogens (tertiary/aromatic N) is 1. The highest BCUT2D eigenvalue weighted by Gasteiger charge is 2.71. The molecule has 0 atom stereocenters. The summed E-state index contributed by atoms with van der Waals surface area (Å²) in [6.07, 6.45) is -10.8. The lowest BCUT2D eigenvalue weighted by Crippen LogP contribution is -2.53. The standard InChI is InChI=1S/C21H17F6NO4/c1-2-3-6-28-15-5-4-11(19(30,20(22,23)24)21(25,26)27)7-13(15)12-8-16-17(32-10-31-16)9-14(12)18(28)29/h4-5,7-9,30H,2-3,6,10H2,1H3. The summed E-state index contributed by atoms with van der Waals surface area (Å²) in [6.45, 7) is 1.94. The van der Waals surface area contributed by atoms with Crippen LogP contribution in [-0.4, -0.2) is 28.8 Å². The maximum Gasteiger partial charge on any atom is 0.430 e. The number of halogens is 6. The van der Waals surface area contributed by atoms with Gasteiger partial charge >= 0.3 is 12.4 Å². The van der Waals surface area contributed by atoms with Crippen molar-refractivity contribution in [1.82, 2.24) is 4.57 Å². The van der Waals surface area contributed by atoms with Gasteiger partial charge in [-0.25, -0.2) is 0 Å². The molecule has 0 aliphatic carbocycles. The van der Waals surface area contributed by atoms with Crippen molar-refractivity contribution in [3.05, 3.63) is 46.2 Å². The second-order valence-corrected chi connectivity index (χ2v) is 7.50. The van der Waals surface area contributed by atoms with Crippen LogP contribution in [0.5, 0.6) is 11.5 Å². The van der Waals surface area contributed by atoms with E-state index in [1.807, 2.05) is 6.92 Å². The summed E-state index contributed by atoms with van der Waals surface area (Å²) in [7, 11) is 0. The van der Waals surface area contributed by atoms with Crippen LogP contribution in [0.25, 0.3) is 21.7 Å². The number of unbranched alkanes of at least 4 members (excludes halogenated alkanes) is 1. The van der Waals surface area contributed by atoms with Crippen molar-refractivity contribution in [3.63, 3.8) is 0 Å². The van der Waals surface area contributed by atoms with Crippen molar-refractivity contribution >= 4 is 21.7 Å². The predicted molar refractivity (Wildman–Crippen MR) is 103 cm³/mol. The molecule has 0 saturated heterocycles. The summed E-state index contributed by atoms with van der Waals surface area (Å²) < 4.78 is 92.4. The van der Waals surface area contributed by atoms with E-state index in [1.54, 1.807) is 0 Å². The molecular weight excluding hydrogens is 444 g/mol. The van der Waals surface area contributed by atoms with Gasteiger partial charge in [0.15, 0.2) is 11.5 Å². The van der Waals surface area contributed by atoms with Crippen molar-refractivity contribution in [2.75, 3.05) is 6.79 Å². The lowest BCUT2D eigenvalue weighted by Gasteiger charge is -2.33. The van der Waals surface area contributed by atoms with Gasteiger partial charge in [0.1, 0.15) is 0 Å². The van der Waals surface area contributed by atoms with E-state index in [0.717, 1.165) is 6.07 Å². The van der Waals surface area contributed by atoms with Crippen LogP contribution < -0.4 is 15.0 Å². The Hall–Kier alpha value is -2.95. The Morgan fingerprint density at radius 2 is 1.53 bits per heavy atom. The Kier molecular flexibility index (Phi) is 5.07. The lowest BCUT2D eigenvalue weighted by molar-refractivity contribution is -0.376. The van der Waals surface area contributed by atoms with Crippen LogP contribution in [0.15, 0.2) is 35.1 Å². The Morgan fingerprint density at radius 1 is 0.938 bits per heavy atom. The molecule has 0 radical (unpaired) electrons. The van der Waals surface area contributed by atoms with Gasteiger partial charge in [-0.3, -0.25) is 4.79 Å². The lowest BCUT2D eigenvalue weighted by atomic mass is 9.90. The first-order valence-corrected chi connectivity index (χ1v) is 9.66. The number of alkyl halides is 6. The average Bonchev–Trinajstić information content (AvgIpc) is 3.17. The Morgan fingerprint density at radius 3 is 2.09 bits per heavy atom. The molecule has 4 rings (SSSR count). The van der Waals surface area contributed by atoms with Crippen LogP contribution in [0.1, 0.15) is 25.3 Å². The monoisotopic (exact) mass is 461 g/mol. The molecule has 2 aromatic carbocycles. The van der Waals surface area contributed by atoms with Crippen molar-refractivity contribution < 1.29 is 40.9 Å². The van der Waals surface area contributed by atoms with Crippen LogP contribution in [0.4, 0.5) is 26.3 Å². The molecule has 1 N–H and O–H groups in total. The smallest absolute Gasteiger partial charge is 0.430 e. The molecule has 0 unspecified atom stereocenters. The number of fused-ring (bicyclic) bond motifs is 4. The molecule has 2 heterocycles. The topological polar surface area (TPSA) is 60.7 Å². The quantitative estimate of drug-likeness (QED) is 0.439. The molecule has 3 aromatic rings. The first kappa shape index (κ1) is 22.3. The van der Waals surface area contributed by atoms with Crippen molar-refractivity contribution in [1.29, 1.82) is 0 Å². The molecule has 172 valence electrons. The van der Waals surface area contributed by atoms with Crippen LogP contribution in [-0.2, 0) is 12.1 Å². The van der Waals surface area contributed by atoms with Gasteiger partial charge in [0.2, 0.25) is 6.79 Å².